The Hall–Kier alpha value is -2.44. The van der Waals surface area contributed by atoms with Gasteiger partial charge in [0, 0.05) is 5.10 Å². The molecule has 2 N–H and O–H groups in total. The second-order valence-electron chi connectivity index (χ2n) is 3.24. The number of rotatable bonds is 3. The summed E-state index contributed by atoms with van der Waals surface area (Å²) in [6.45, 7) is 0. The summed E-state index contributed by atoms with van der Waals surface area (Å²) in [4.78, 5) is 10.6. The molecule has 0 radical (unpaired) electrons. The van der Waals surface area contributed by atoms with Crippen LogP contribution in [-0.4, -0.2) is 14.7 Å². The number of hydrogen-bond donors (Lipinski definition) is 1. The molecular formula is C9H10N5O2+. The molecule has 82 valence electrons. The van der Waals surface area contributed by atoms with Crippen molar-refractivity contribution in [2.45, 2.75) is 6.17 Å². The Balaban J connectivity index is 2.43. The third-order valence-corrected chi connectivity index (χ3v) is 2.12. The number of nitrogens with two attached hydrogens (primary N) is 1. The van der Waals surface area contributed by atoms with E-state index < -0.39 is 11.1 Å². The van der Waals surface area contributed by atoms with Crippen LogP contribution >= 0.6 is 0 Å². The summed E-state index contributed by atoms with van der Waals surface area (Å²) in [5.41, 5.74) is 0.552. The number of aromatic nitrogens is 3. The van der Waals surface area contributed by atoms with Crippen LogP contribution in [-0.2, 0) is 0 Å². The summed E-state index contributed by atoms with van der Waals surface area (Å²) < 4.78 is 2.37. The van der Waals surface area contributed by atoms with E-state index in [1.54, 1.807) is 30.3 Å². The number of benzene rings is 1. The Kier molecular flexibility index (Phi) is 2.50. The lowest BCUT2D eigenvalue weighted by atomic mass is 10.2. The Bertz CT molecular complexity index is 496. The quantitative estimate of drug-likeness (QED) is 0.333. The van der Waals surface area contributed by atoms with E-state index in [-0.39, 0.29) is 0 Å². The van der Waals surface area contributed by atoms with Crippen molar-refractivity contribution < 1.29 is 9.60 Å². The molecule has 0 amide bonds. The highest BCUT2D eigenvalue weighted by atomic mass is 16.6. The third kappa shape index (κ3) is 1.83. The van der Waals surface area contributed by atoms with Gasteiger partial charge in [0.05, 0.1) is 10.5 Å². The van der Waals surface area contributed by atoms with Gasteiger partial charge in [0.15, 0.2) is 0 Å². The van der Waals surface area contributed by atoms with E-state index in [4.69, 9.17) is 5.84 Å². The molecule has 1 aromatic carbocycles. The van der Waals surface area contributed by atoms with Gasteiger partial charge in [-0.3, -0.25) is 16.0 Å². The summed E-state index contributed by atoms with van der Waals surface area (Å²) in [5, 5.41) is 14.8. The maximum Gasteiger partial charge on any atom is 0.386 e. The maximum absolute atomic E-state index is 11.0. The second-order valence-corrected chi connectivity index (χ2v) is 3.24. The monoisotopic (exact) mass is 220 g/mol. The lowest BCUT2D eigenvalue weighted by Crippen LogP contribution is -2.42. The molecule has 2 aromatic rings. The van der Waals surface area contributed by atoms with E-state index in [9.17, 15) is 10.1 Å². The zero-order valence-electron chi connectivity index (χ0n) is 8.30. The minimum Gasteiger partial charge on any atom is -0.289 e. The van der Waals surface area contributed by atoms with Crippen LogP contribution in [0.5, 0.6) is 0 Å². The molecule has 0 fully saturated rings. The van der Waals surface area contributed by atoms with Crippen LogP contribution in [0.1, 0.15) is 11.7 Å². The minimum atomic E-state index is -1.05. The molecule has 1 unspecified atom stereocenters. The SMILES string of the molecule is N[n+]1cnn(C(c2ccccc2)[N+](=O)[O-])c1. The van der Waals surface area contributed by atoms with Gasteiger partial charge < -0.3 is 0 Å². The summed E-state index contributed by atoms with van der Waals surface area (Å²) in [6, 6.07) is 8.64. The van der Waals surface area contributed by atoms with Crippen molar-refractivity contribution in [3.8, 4) is 0 Å². The van der Waals surface area contributed by atoms with Crippen molar-refractivity contribution in [2.75, 3.05) is 5.84 Å². The van der Waals surface area contributed by atoms with Crippen LogP contribution < -0.4 is 10.5 Å². The summed E-state index contributed by atoms with van der Waals surface area (Å²) in [5.74, 6) is 5.41. The lowest BCUT2D eigenvalue weighted by Gasteiger charge is -2.03. The van der Waals surface area contributed by atoms with Crippen LogP contribution in [0, 0.1) is 10.1 Å². The Morgan fingerprint density at radius 2 is 2.12 bits per heavy atom. The topological polar surface area (TPSA) is 90.9 Å². The fourth-order valence-electron chi connectivity index (χ4n) is 1.44. The van der Waals surface area contributed by atoms with E-state index in [0.717, 1.165) is 0 Å². The third-order valence-electron chi connectivity index (χ3n) is 2.12. The molecule has 1 aromatic heterocycles. The van der Waals surface area contributed by atoms with Crippen molar-refractivity contribution >= 4 is 0 Å². The van der Waals surface area contributed by atoms with Gasteiger partial charge in [-0.25, -0.2) is 0 Å². The summed E-state index contributed by atoms with van der Waals surface area (Å²) in [7, 11) is 0. The highest BCUT2D eigenvalue weighted by molar-refractivity contribution is 5.17. The fourth-order valence-corrected chi connectivity index (χ4v) is 1.44. The first-order chi connectivity index (χ1) is 7.68. The largest absolute Gasteiger partial charge is 0.386 e. The van der Waals surface area contributed by atoms with Gasteiger partial charge in [-0.2, -0.15) is 0 Å². The molecule has 2 rings (SSSR count). The van der Waals surface area contributed by atoms with Crippen LogP contribution in [0.3, 0.4) is 0 Å². The van der Waals surface area contributed by atoms with E-state index in [0.29, 0.717) is 5.56 Å². The molecule has 0 saturated heterocycles. The molecule has 7 heteroatoms. The molecule has 1 atom stereocenters. The minimum absolute atomic E-state index is 0.414. The van der Waals surface area contributed by atoms with Crippen molar-refractivity contribution in [3.05, 3.63) is 58.7 Å². The average molecular weight is 220 g/mol. The summed E-state index contributed by atoms with van der Waals surface area (Å²) in [6.07, 6.45) is 1.62. The van der Waals surface area contributed by atoms with E-state index >= 15 is 0 Å². The van der Waals surface area contributed by atoms with Gasteiger partial charge in [-0.05, 0) is 16.8 Å². The lowest BCUT2D eigenvalue weighted by molar-refractivity contribution is -0.641. The van der Waals surface area contributed by atoms with Crippen molar-refractivity contribution in [2.24, 2.45) is 0 Å². The first kappa shape index (κ1) is 10.1. The Morgan fingerprint density at radius 1 is 1.44 bits per heavy atom. The highest BCUT2D eigenvalue weighted by Gasteiger charge is 2.31. The normalized spacial score (nSPS) is 12.2. The number of nitrogen functional groups attached to an aromatic ring is 1. The molecular weight excluding hydrogens is 210 g/mol. The predicted octanol–water partition coefficient (Wildman–Crippen LogP) is -0.292. The van der Waals surface area contributed by atoms with Gasteiger partial charge in [0.1, 0.15) is 0 Å². The van der Waals surface area contributed by atoms with Crippen LogP contribution in [0.2, 0.25) is 0 Å². The van der Waals surface area contributed by atoms with Gasteiger partial charge in [0.2, 0.25) is 0 Å². The zero-order chi connectivity index (χ0) is 11.5. The number of nitro groups is 1. The number of nitrogens with zero attached hydrogens (tertiary/aromatic N) is 4. The molecule has 0 saturated carbocycles. The first-order valence-electron chi connectivity index (χ1n) is 4.57. The van der Waals surface area contributed by atoms with E-state index in [1.807, 2.05) is 0 Å². The second kappa shape index (κ2) is 3.97. The van der Waals surface area contributed by atoms with Crippen LogP contribution in [0.25, 0.3) is 0 Å². The highest BCUT2D eigenvalue weighted by Crippen LogP contribution is 2.16. The van der Waals surface area contributed by atoms with Crippen molar-refractivity contribution in [1.29, 1.82) is 0 Å². The van der Waals surface area contributed by atoms with Crippen LogP contribution in [0.4, 0.5) is 0 Å². The van der Waals surface area contributed by atoms with Gasteiger partial charge in [-0.1, -0.05) is 18.2 Å². The molecule has 7 nitrogen and oxygen atoms in total. The van der Waals surface area contributed by atoms with Gasteiger partial charge in [0.25, 0.3) is 12.7 Å². The molecule has 0 bridgehead atoms. The fraction of sp³-hybridized carbons (Fsp3) is 0.111. The van der Waals surface area contributed by atoms with E-state index in [2.05, 4.69) is 5.10 Å². The molecule has 0 spiro atoms. The smallest absolute Gasteiger partial charge is 0.289 e. The molecule has 0 aliphatic rings. The predicted molar refractivity (Wildman–Crippen MR) is 54.1 cm³/mol. The Labute approximate surface area is 90.9 Å². The standard InChI is InChI=1S/C9H10N5O2/c10-12-6-11-13(7-12)9(14(15)16)8-4-2-1-3-5-8/h1-7,9H,10H2/q+1. The Morgan fingerprint density at radius 3 is 2.62 bits per heavy atom. The molecule has 0 aliphatic heterocycles. The zero-order valence-corrected chi connectivity index (χ0v) is 8.30. The maximum atomic E-state index is 11.0. The van der Waals surface area contributed by atoms with Gasteiger partial charge >= 0.3 is 6.17 Å². The number of hydrogen-bond acceptors (Lipinski definition) is 4. The summed E-state index contributed by atoms with van der Waals surface area (Å²) >= 11 is 0. The first-order valence-corrected chi connectivity index (χ1v) is 4.57. The van der Waals surface area contributed by atoms with Crippen molar-refractivity contribution in [3.63, 3.8) is 0 Å². The van der Waals surface area contributed by atoms with Crippen molar-refractivity contribution in [1.82, 2.24) is 9.78 Å². The molecule has 0 aliphatic carbocycles. The molecule has 16 heavy (non-hydrogen) atoms. The average Bonchev–Trinajstić information content (AvgIpc) is 2.66. The van der Waals surface area contributed by atoms with E-state index in [1.165, 1.54) is 22.0 Å². The van der Waals surface area contributed by atoms with Crippen LogP contribution in [0.15, 0.2) is 43.0 Å². The molecule has 1 heterocycles. The van der Waals surface area contributed by atoms with Gasteiger partial charge in [-0.15, -0.1) is 4.68 Å².